The number of aryl methyl sites for hydroxylation is 1. The van der Waals surface area contributed by atoms with Crippen LogP contribution in [0.2, 0.25) is 5.02 Å². The van der Waals surface area contributed by atoms with Gasteiger partial charge in [-0.2, -0.15) is 0 Å². The van der Waals surface area contributed by atoms with Crippen molar-refractivity contribution in [3.63, 3.8) is 0 Å². The van der Waals surface area contributed by atoms with Crippen molar-refractivity contribution in [1.29, 1.82) is 0 Å². The third kappa shape index (κ3) is 2.69. The molecule has 0 aliphatic carbocycles. The van der Waals surface area contributed by atoms with Crippen LogP contribution in [0, 0.1) is 6.92 Å². The first-order valence-electron chi connectivity index (χ1n) is 7.47. The molecule has 0 unspecified atom stereocenters. The standard InChI is InChI=1S/C18H12ClN3O2S/c1-10-7-14-13(8-12(10)19)20-9-22(14)18-21-15(16(25-18)17(23)24)11-5-3-2-4-6-11/h2-9H,1H3,(H,23,24). The Morgan fingerprint density at radius 1 is 1.24 bits per heavy atom. The number of rotatable bonds is 3. The van der Waals surface area contributed by atoms with Gasteiger partial charge in [0.2, 0.25) is 0 Å². The van der Waals surface area contributed by atoms with E-state index in [0.29, 0.717) is 15.8 Å². The summed E-state index contributed by atoms with van der Waals surface area (Å²) >= 11 is 7.28. The van der Waals surface area contributed by atoms with Crippen molar-refractivity contribution in [2.24, 2.45) is 0 Å². The van der Waals surface area contributed by atoms with Crippen molar-refractivity contribution in [2.45, 2.75) is 6.92 Å². The summed E-state index contributed by atoms with van der Waals surface area (Å²) in [6.45, 7) is 1.92. The molecule has 0 saturated heterocycles. The summed E-state index contributed by atoms with van der Waals surface area (Å²) in [5, 5.41) is 10.8. The van der Waals surface area contributed by atoms with Crippen LogP contribution in [0.15, 0.2) is 48.8 Å². The first kappa shape index (κ1) is 15.8. The van der Waals surface area contributed by atoms with Gasteiger partial charge < -0.3 is 5.11 Å². The van der Waals surface area contributed by atoms with E-state index in [9.17, 15) is 9.90 Å². The summed E-state index contributed by atoms with van der Waals surface area (Å²) < 4.78 is 1.79. The number of thiazole rings is 1. The first-order chi connectivity index (χ1) is 12.0. The molecule has 0 bridgehead atoms. The lowest BCUT2D eigenvalue weighted by Gasteiger charge is -2.01. The van der Waals surface area contributed by atoms with Gasteiger partial charge in [0, 0.05) is 10.6 Å². The Morgan fingerprint density at radius 2 is 2.00 bits per heavy atom. The number of fused-ring (bicyclic) bond motifs is 1. The molecule has 1 N–H and O–H groups in total. The highest BCUT2D eigenvalue weighted by atomic mass is 35.5. The Kier molecular flexibility index (Phi) is 3.78. The molecule has 7 heteroatoms. The number of hydrogen-bond acceptors (Lipinski definition) is 4. The van der Waals surface area contributed by atoms with E-state index in [-0.39, 0.29) is 4.88 Å². The zero-order chi connectivity index (χ0) is 17.6. The van der Waals surface area contributed by atoms with Gasteiger partial charge in [0.15, 0.2) is 5.13 Å². The number of carbonyl (C=O) groups is 1. The average Bonchev–Trinajstić information content (AvgIpc) is 3.20. The summed E-state index contributed by atoms with van der Waals surface area (Å²) in [6, 6.07) is 13.0. The van der Waals surface area contributed by atoms with Crippen LogP contribution in [0.25, 0.3) is 27.4 Å². The lowest BCUT2D eigenvalue weighted by Crippen LogP contribution is -1.95. The molecule has 5 nitrogen and oxygen atoms in total. The third-order valence-corrected chi connectivity index (χ3v) is 5.34. The molecule has 0 fully saturated rings. The van der Waals surface area contributed by atoms with Gasteiger partial charge in [-0.15, -0.1) is 0 Å². The van der Waals surface area contributed by atoms with Crippen molar-refractivity contribution in [3.8, 4) is 16.4 Å². The van der Waals surface area contributed by atoms with Gasteiger partial charge in [-0.25, -0.2) is 14.8 Å². The average molecular weight is 370 g/mol. The second-order valence-corrected chi connectivity index (χ2v) is 6.93. The quantitative estimate of drug-likeness (QED) is 0.562. The topological polar surface area (TPSA) is 68.0 Å². The van der Waals surface area contributed by atoms with Crippen LogP contribution in [0.5, 0.6) is 0 Å². The van der Waals surface area contributed by atoms with Crippen LogP contribution in [-0.4, -0.2) is 25.6 Å². The van der Waals surface area contributed by atoms with Gasteiger partial charge in [0.1, 0.15) is 11.2 Å². The fourth-order valence-corrected chi connectivity index (χ4v) is 3.70. The van der Waals surface area contributed by atoms with Crippen molar-refractivity contribution in [2.75, 3.05) is 0 Å². The minimum absolute atomic E-state index is 0.203. The number of benzene rings is 2. The lowest BCUT2D eigenvalue weighted by molar-refractivity contribution is 0.0702. The number of halogens is 1. The molecule has 0 aliphatic rings. The Bertz CT molecular complexity index is 1100. The predicted molar refractivity (Wildman–Crippen MR) is 98.9 cm³/mol. The second-order valence-electron chi connectivity index (χ2n) is 5.55. The van der Waals surface area contributed by atoms with E-state index in [1.54, 1.807) is 17.0 Å². The molecule has 2 aromatic carbocycles. The number of carboxylic acid groups (broad SMARTS) is 1. The molecule has 25 heavy (non-hydrogen) atoms. The number of aromatic carboxylic acids is 1. The zero-order valence-corrected chi connectivity index (χ0v) is 14.7. The molecule has 0 spiro atoms. The van der Waals surface area contributed by atoms with Crippen LogP contribution < -0.4 is 0 Å². The van der Waals surface area contributed by atoms with Crippen molar-refractivity contribution in [3.05, 3.63) is 64.3 Å². The number of carboxylic acids is 1. The predicted octanol–water partition coefficient (Wildman–Crippen LogP) is 4.81. The highest BCUT2D eigenvalue weighted by Gasteiger charge is 2.20. The summed E-state index contributed by atoms with van der Waals surface area (Å²) in [5.41, 5.74) is 3.73. The van der Waals surface area contributed by atoms with Gasteiger partial charge in [-0.3, -0.25) is 4.57 Å². The molecule has 4 rings (SSSR count). The maximum atomic E-state index is 11.7. The number of hydrogen-bond donors (Lipinski definition) is 1. The summed E-state index contributed by atoms with van der Waals surface area (Å²) in [7, 11) is 0. The minimum atomic E-state index is -0.994. The van der Waals surface area contributed by atoms with Gasteiger partial charge in [-0.1, -0.05) is 53.3 Å². The molecule has 2 aromatic heterocycles. The Hall–Kier alpha value is -2.70. The zero-order valence-electron chi connectivity index (χ0n) is 13.1. The first-order valence-corrected chi connectivity index (χ1v) is 8.67. The van der Waals surface area contributed by atoms with Crippen LogP contribution >= 0.6 is 22.9 Å². The fourth-order valence-electron chi connectivity index (χ4n) is 2.64. The highest BCUT2D eigenvalue weighted by Crippen LogP contribution is 2.32. The molecular formula is C18H12ClN3O2S. The maximum Gasteiger partial charge on any atom is 0.348 e. The molecule has 0 atom stereocenters. The van der Waals surface area contributed by atoms with Crippen LogP contribution in [0.1, 0.15) is 15.2 Å². The van der Waals surface area contributed by atoms with E-state index in [4.69, 9.17) is 11.6 Å². The van der Waals surface area contributed by atoms with Gasteiger partial charge in [0.25, 0.3) is 0 Å². The normalized spacial score (nSPS) is 11.1. The Morgan fingerprint density at radius 3 is 2.72 bits per heavy atom. The van der Waals surface area contributed by atoms with E-state index in [1.165, 1.54) is 0 Å². The largest absolute Gasteiger partial charge is 0.477 e. The molecule has 2 heterocycles. The number of nitrogens with zero attached hydrogens (tertiary/aromatic N) is 3. The third-order valence-electron chi connectivity index (χ3n) is 3.89. The van der Waals surface area contributed by atoms with Gasteiger partial charge in [-0.05, 0) is 24.6 Å². The summed E-state index contributed by atoms with van der Waals surface area (Å²) in [5.74, 6) is -0.994. The van der Waals surface area contributed by atoms with Crippen LogP contribution in [0.4, 0.5) is 0 Å². The van der Waals surface area contributed by atoms with E-state index >= 15 is 0 Å². The molecule has 4 aromatic rings. The van der Waals surface area contributed by atoms with Crippen LogP contribution in [-0.2, 0) is 0 Å². The molecule has 0 aliphatic heterocycles. The van der Waals surface area contributed by atoms with E-state index < -0.39 is 5.97 Å². The monoisotopic (exact) mass is 369 g/mol. The fraction of sp³-hybridized carbons (Fsp3) is 0.0556. The van der Waals surface area contributed by atoms with Crippen molar-refractivity contribution < 1.29 is 9.90 Å². The molecule has 124 valence electrons. The SMILES string of the molecule is Cc1cc2c(cc1Cl)ncn2-c1nc(-c2ccccc2)c(C(=O)O)s1. The van der Waals surface area contributed by atoms with Crippen molar-refractivity contribution >= 4 is 39.9 Å². The minimum Gasteiger partial charge on any atom is -0.477 e. The van der Waals surface area contributed by atoms with Crippen LogP contribution in [0.3, 0.4) is 0 Å². The van der Waals surface area contributed by atoms with E-state index in [1.807, 2.05) is 43.3 Å². The number of imidazole rings is 1. The molecule has 0 saturated carbocycles. The van der Waals surface area contributed by atoms with Gasteiger partial charge >= 0.3 is 5.97 Å². The summed E-state index contributed by atoms with van der Waals surface area (Å²) in [6.07, 6.45) is 1.64. The smallest absolute Gasteiger partial charge is 0.348 e. The van der Waals surface area contributed by atoms with Crippen molar-refractivity contribution in [1.82, 2.24) is 14.5 Å². The molecule has 0 amide bonds. The molecule has 0 radical (unpaired) electrons. The van der Waals surface area contributed by atoms with Gasteiger partial charge in [0.05, 0.1) is 16.7 Å². The summed E-state index contributed by atoms with van der Waals surface area (Å²) in [4.78, 5) is 20.8. The number of aromatic nitrogens is 3. The van der Waals surface area contributed by atoms with E-state index in [0.717, 1.165) is 33.5 Å². The lowest BCUT2D eigenvalue weighted by atomic mass is 10.1. The highest BCUT2D eigenvalue weighted by molar-refractivity contribution is 7.16. The van der Waals surface area contributed by atoms with E-state index in [2.05, 4.69) is 9.97 Å². The molecular weight excluding hydrogens is 358 g/mol. The maximum absolute atomic E-state index is 11.7. The Labute approximate surface area is 152 Å². The Balaban J connectivity index is 1.93. The second kappa shape index (κ2) is 5.98.